The van der Waals surface area contributed by atoms with Gasteiger partial charge in [0, 0.05) is 15.6 Å². The molecule has 0 aliphatic rings. The first-order chi connectivity index (χ1) is 9.65. The molecule has 2 rings (SSSR count). The summed E-state index contributed by atoms with van der Waals surface area (Å²) in [5, 5.41) is 0. The van der Waals surface area contributed by atoms with Crippen LogP contribution in [0.25, 0.3) is 0 Å². The highest BCUT2D eigenvalue weighted by molar-refractivity contribution is 9.10. The largest absolute Gasteiger partial charge is 0.496 e. The van der Waals surface area contributed by atoms with Crippen LogP contribution in [0.5, 0.6) is 11.5 Å². The van der Waals surface area contributed by atoms with Gasteiger partial charge >= 0.3 is 0 Å². The Labute approximate surface area is 130 Å². The molecule has 0 radical (unpaired) electrons. The molecular weight excluding hydrogens is 347 g/mol. The second-order valence-electron chi connectivity index (χ2n) is 4.11. The van der Waals surface area contributed by atoms with Gasteiger partial charge in [-0.25, -0.2) is 4.39 Å². The normalized spacial score (nSPS) is 10.4. The van der Waals surface area contributed by atoms with E-state index in [1.54, 1.807) is 19.2 Å². The van der Waals surface area contributed by atoms with Crippen molar-refractivity contribution in [1.82, 2.24) is 0 Å². The average molecular weight is 360 g/mol. The molecule has 2 nitrogen and oxygen atoms in total. The fourth-order valence-corrected chi connectivity index (χ4v) is 2.45. The standard InChI is InChI=1S/C15H13BrClFO2/c1-19-14-6-5-12(16)7-11(14)9-20-15-10(8-17)3-2-4-13(15)18/h2-7H,8-9H2,1H3. The number of methoxy groups -OCH3 is 1. The van der Waals surface area contributed by atoms with Crippen LogP contribution in [0.3, 0.4) is 0 Å². The zero-order chi connectivity index (χ0) is 14.5. The van der Waals surface area contributed by atoms with Crippen LogP contribution in [0.2, 0.25) is 0 Å². The second-order valence-corrected chi connectivity index (χ2v) is 5.29. The maximum Gasteiger partial charge on any atom is 0.165 e. The molecule has 0 aromatic heterocycles. The van der Waals surface area contributed by atoms with Crippen LogP contribution >= 0.6 is 27.5 Å². The first-order valence-corrected chi connectivity index (χ1v) is 7.27. The third-order valence-electron chi connectivity index (χ3n) is 2.81. The molecule has 0 heterocycles. The molecule has 20 heavy (non-hydrogen) atoms. The van der Waals surface area contributed by atoms with Gasteiger partial charge < -0.3 is 9.47 Å². The summed E-state index contributed by atoms with van der Waals surface area (Å²) >= 11 is 9.18. The molecule has 106 valence electrons. The van der Waals surface area contributed by atoms with E-state index >= 15 is 0 Å². The minimum atomic E-state index is -0.419. The van der Waals surface area contributed by atoms with E-state index in [4.69, 9.17) is 21.1 Å². The Morgan fingerprint density at radius 2 is 2.00 bits per heavy atom. The maximum atomic E-state index is 13.8. The predicted molar refractivity (Wildman–Crippen MR) is 81.0 cm³/mol. The molecule has 0 bridgehead atoms. The Hall–Kier alpha value is -1.26. The Bertz CT molecular complexity index is 604. The molecule has 5 heteroatoms. The summed E-state index contributed by atoms with van der Waals surface area (Å²) in [4.78, 5) is 0. The highest BCUT2D eigenvalue weighted by Crippen LogP contribution is 2.28. The highest BCUT2D eigenvalue weighted by Gasteiger charge is 2.11. The molecule has 0 saturated carbocycles. The Morgan fingerprint density at radius 3 is 2.70 bits per heavy atom. The van der Waals surface area contributed by atoms with Gasteiger partial charge in [-0.15, -0.1) is 11.6 Å². The molecule has 0 N–H and O–H groups in total. The van der Waals surface area contributed by atoms with E-state index in [-0.39, 0.29) is 18.2 Å². The van der Waals surface area contributed by atoms with Crippen molar-refractivity contribution in [3.8, 4) is 11.5 Å². The number of para-hydroxylation sites is 1. The van der Waals surface area contributed by atoms with Gasteiger partial charge in [-0.3, -0.25) is 0 Å². The van der Waals surface area contributed by atoms with Crippen molar-refractivity contribution in [2.75, 3.05) is 7.11 Å². The van der Waals surface area contributed by atoms with E-state index in [1.807, 2.05) is 18.2 Å². The molecule has 2 aromatic carbocycles. The van der Waals surface area contributed by atoms with Crippen LogP contribution < -0.4 is 9.47 Å². The Balaban J connectivity index is 2.23. The summed E-state index contributed by atoms with van der Waals surface area (Å²) in [6, 6.07) is 10.3. The van der Waals surface area contributed by atoms with E-state index in [0.29, 0.717) is 11.3 Å². The fourth-order valence-electron chi connectivity index (χ4n) is 1.83. The van der Waals surface area contributed by atoms with Gasteiger partial charge in [0.25, 0.3) is 0 Å². The number of benzene rings is 2. The number of rotatable bonds is 5. The first-order valence-electron chi connectivity index (χ1n) is 5.94. The topological polar surface area (TPSA) is 18.5 Å². The quantitative estimate of drug-likeness (QED) is 0.706. The minimum absolute atomic E-state index is 0.185. The number of hydrogen-bond donors (Lipinski definition) is 0. The number of alkyl halides is 1. The lowest BCUT2D eigenvalue weighted by Crippen LogP contribution is -2.02. The van der Waals surface area contributed by atoms with Crippen LogP contribution in [-0.4, -0.2) is 7.11 Å². The number of hydrogen-bond acceptors (Lipinski definition) is 2. The monoisotopic (exact) mass is 358 g/mol. The lowest BCUT2D eigenvalue weighted by Gasteiger charge is -2.13. The third-order valence-corrected chi connectivity index (χ3v) is 3.59. The molecule has 0 spiro atoms. The highest BCUT2D eigenvalue weighted by atomic mass is 79.9. The molecule has 0 aliphatic carbocycles. The summed E-state index contributed by atoms with van der Waals surface area (Å²) in [6.45, 7) is 0.202. The van der Waals surface area contributed by atoms with E-state index in [9.17, 15) is 4.39 Å². The average Bonchev–Trinajstić information content (AvgIpc) is 2.46. The van der Waals surface area contributed by atoms with Crippen LogP contribution in [0, 0.1) is 5.82 Å². The lowest BCUT2D eigenvalue weighted by molar-refractivity contribution is 0.280. The van der Waals surface area contributed by atoms with Crippen molar-refractivity contribution in [3.63, 3.8) is 0 Å². The lowest BCUT2D eigenvalue weighted by atomic mass is 10.2. The molecule has 0 aliphatic heterocycles. The molecule has 2 aromatic rings. The Kier molecular flexibility index (Phi) is 5.26. The minimum Gasteiger partial charge on any atom is -0.496 e. The van der Waals surface area contributed by atoms with Crippen LogP contribution in [0.4, 0.5) is 4.39 Å². The second kappa shape index (κ2) is 6.95. The zero-order valence-corrected chi connectivity index (χ0v) is 13.2. The predicted octanol–water partition coefficient (Wildman–Crippen LogP) is 4.91. The van der Waals surface area contributed by atoms with Crippen molar-refractivity contribution >= 4 is 27.5 Å². The van der Waals surface area contributed by atoms with Crippen molar-refractivity contribution in [1.29, 1.82) is 0 Å². The molecule has 0 saturated heterocycles. The van der Waals surface area contributed by atoms with Gasteiger partial charge in [-0.05, 0) is 24.3 Å². The number of halogens is 3. The van der Waals surface area contributed by atoms with Crippen LogP contribution in [0.15, 0.2) is 40.9 Å². The van der Waals surface area contributed by atoms with E-state index in [1.165, 1.54) is 6.07 Å². The third kappa shape index (κ3) is 3.44. The van der Waals surface area contributed by atoms with Gasteiger partial charge in [0.05, 0.1) is 13.0 Å². The summed E-state index contributed by atoms with van der Waals surface area (Å²) in [5.41, 5.74) is 1.45. The van der Waals surface area contributed by atoms with E-state index in [2.05, 4.69) is 15.9 Å². The molecule has 0 unspecified atom stereocenters. The van der Waals surface area contributed by atoms with Gasteiger partial charge in [0.2, 0.25) is 0 Å². The first kappa shape index (κ1) is 15.1. The van der Waals surface area contributed by atoms with E-state index < -0.39 is 5.82 Å². The van der Waals surface area contributed by atoms with E-state index in [0.717, 1.165) is 10.0 Å². The SMILES string of the molecule is COc1ccc(Br)cc1COc1c(F)cccc1CCl. The van der Waals surface area contributed by atoms with Gasteiger partial charge in [0.15, 0.2) is 11.6 Å². The zero-order valence-electron chi connectivity index (χ0n) is 10.8. The smallest absolute Gasteiger partial charge is 0.165 e. The van der Waals surface area contributed by atoms with Gasteiger partial charge in [-0.1, -0.05) is 28.1 Å². The maximum absolute atomic E-state index is 13.8. The van der Waals surface area contributed by atoms with Crippen molar-refractivity contribution in [3.05, 3.63) is 57.8 Å². The molecule has 0 fully saturated rings. The van der Waals surface area contributed by atoms with Crippen molar-refractivity contribution < 1.29 is 13.9 Å². The number of ether oxygens (including phenoxy) is 2. The summed E-state index contributed by atoms with van der Waals surface area (Å²) in [7, 11) is 1.58. The van der Waals surface area contributed by atoms with Crippen molar-refractivity contribution in [2.24, 2.45) is 0 Å². The molecule has 0 atom stereocenters. The van der Waals surface area contributed by atoms with Gasteiger partial charge in [-0.2, -0.15) is 0 Å². The van der Waals surface area contributed by atoms with Crippen LogP contribution in [-0.2, 0) is 12.5 Å². The Morgan fingerprint density at radius 1 is 1.20 bits per heavy atom. The summed E-state index contributed by atoms with van der Waals surface area (Å²) in [5.74, 6) is 0.654. The van der Waals surface area contributed by atoms with Gasteiger partial charge in [0.1, 0.15) is 12.4 Å². The van der Waals surface area contributed by atoms with Crippen molar-refractivity contribution in [2.45, 2.75) is 12.5 Å². The summed E-state index contributed by atoms with van der Waals surface area (Å²) in [6.07, 6.45) is 0. The molecular formula is C15H13BrClFO2. The summed E-state index contributed by atoms with van der Waals surface area (Å²) < 4.78 is 25.5. The molecule has 0 amide bonds. The van der Waals surface area contributed by atoms with Crippen LogP contribution in [0.1, 0.15) is 11.1 Å². The fraction of sp³-hybridized carbons (Fsp3) is 0.200.